The lowest BCUT2D eigenvalue weighted by atomic mass is 9.94. The van der Waals surface area contributed by atoms with Gasteiger partial charge in [0.2, 0.25) is 0 Å². The molecule has 0 spiro atoms. The molecule has 0 radical (unpaired) electrons. The van der Waals surface area contributed by atoms with Gasteiger partial charge in [0.25, 0.3) is 0 Å². The minimum atomic E-state index is 0.597. The van der Waals surface area contributed by atoms with Crippen LogP contribution in [0, 0.1) is 11.8 Å². The van der Waals surface area contributed by atoms with Crippen LogP contribution >= 0.6 is 45.3 Å². The zero-order valence-electron chi connectivity index (χ0n) is 27.6. The van der Waals surface area contributed by atoms with Crippen LogP contribution in [-0.2, 0) is 12.8 Å². The van der Waals surface area contributed by atoms with Gasteiger partial charge in [0, 0.05) is 31.3 Å². The summed E-state index contributed by atoms with van der Waals surface area (Å²) in [6.07, 6.45) is 12.1. The van der Waals surface area contributed by atoms with Crippen LogP contribution in [0.2, 0.25) is 0 Å². The number of benzene rings is 1. The Hall–Kier alpha value is -2.26. The summed E-state index contributed by atoms with van der Waals surface area (Å²) in [5.41, 5.74) is 2.61. The molecular weight excluding hydrogens is 649 g/mol. The van der Waals surface area contributed by atoms with Crippen molar-refractivity contribution in [2.45, 2.75) is 91.9 Å². The number of hydrogen-bond acceptors (Lipinski definition) is 8. The van der Waals surface area contributed by atoms with Gasteiger partial charge >= 0.3 is 0 Å². The van der Waals surface area contributed by atoms with Gasteiger partial charge in [-0.1, -0.05) is 79.1 Å². The van der Waals surface area contributed by atoms with Gasteiger partial charge in [0.15, 0.2) is 23.0 Å². The average molecular weight is 695 g/mol. The maximum atomic E-state index is 6.46. The van der Waals surface area contributed by atoms with Gasteiger partial charge in [0.1, 0.15) is 26.4 Å². The first-order valence-corrected chi connectivity index (χ1v) is 20.8. The van der Waals surface area contributed by atoms with E-state index in [2.05, 4.69) is 50.6 Å². The van der Waals surface area contributed by atoms with E-state index < -0.39 is 0 Å². The van der Waals surface area contributed by atoms with Crippen molar-refractivity contribution in [2.75, 3.05) is 26.4 Å². The Kier molecular flexibility index (Phi) is 10.2. The number of hydrogen-bond donors (Lipinski definition) is 0. The number of fused-ring (bicyclic) bond motifs is 4. The lowest BCUT2D eigenvalue weighted by Crippen LogP contribution is -2.16. The second-order valence-corrected chi connectivity index (χ2v) is 16.8. The molecule has 2 aliphatic rings. The molecule has 6 heterocycles. The van der Waals surface area contributed by atoms with Gasteiger partial charge in [-0.25, -0.2) is 0 Å². The van der Waals surface area contributed by atoms with Crippen LogP contribution < -0.4 is 18.9 Å². The van der Waals surface area contributed by atoms with Crippen molar-refractivity contribution < 1.29 is 18.9 Å². The van der Waals surface area contributed by atoms with E-state index in [4.69, 9.17) is 18.9 Å². The number of rotatable bonds is 14. The van der Waals surface area contributed by atoms with Crippen molar-refractivity contribution in [1.29, 1.82) is 0 Å². The number of thiophene rings is 4. The standard InChI is InChI=1S/C38H46O4S4/c1-5-9-11-23(7-3)21-27-31-33(41-17-15-39-31)37(45-27)29-25-13-19-44-36(25)30(26-14-20-43-35(26)29)38-34-32(40-16-18-42-34)28(46-38)22-24(8-4)12-10-6-2/h13-14,19-20,23-24H,5-12,15-18,21-22H2,1-4H3. The third-order valence-electron chi connectivity index (χ3n) is 9.75. The molecule has 2 atom stereocenters. The molecule has 0 fully saturated rings. The van der Waals surface area contributed by atoms with E-state index in [-0.39, 0.29) is 0 Å². The van der Waals surface area contributed by atoms with Crippen LogP contribution in [0.25, 0.3) is 41.1 Å². The molecule has 5 aromatic rings. The molecule has 2 aliphatic heterocycles. The summed E-state index contributed by atoms with van der Waals surface area (Å²) in [6.45, 7) is 11.7. The van der Waals surface area contributed by atoms with E-state index in [1.807, 2.05) is 45.3 Å². The van der Waals surface area contributed by atoms with Gasteiger partial charge in [-0.2, -0.15) is 0 Å². The van der Waals surface area contributed by atoms with Crippen LogP contribution in [0.1, 0.15) is 88.8 Å². The van der Waals surface area contributed by atoms with Crippen molar-refractivity contribution in [3.63, 3.8) is 0 Å². The summed E-state index contributed by atoms with van der Waals surface area (Å²) in [4.78, 5) is 5.15. The normalized spacial score (nSPS) is 15.6. The Bertz CT molecular complexity index is 1610. The molecule has 4 aromatic heterocycles. The molecule has 0 bridgehead atoms. The fraction of sp³-hybridized carbons (Fsp3) is 0.526. The summed E-state index contributed by atoms with van der Waals surface area (Å²) in [5.74, 6) is 5.24. The molecule has 0 aliphatic carbocycles. The summed E-state index contributed by atoms with van der Waals surface area (Å²) >= 11 is 7.49. The third kappa shape index (κ3) is 5.97. The highest BCUT2D eigenvalue weighted by Gasteiger charge is 2.33. The van der Waals surface area contributed by atoms with Crippen molar-refractivity contribution in [3.05, 3.63) is 32.6 Å². The average Bonchev–Trinajstić information content (AvgIpc) is 3.90. The predicted molar refractivity (Wildman–Crippen MR) is 200 cm³/mol. The van der Waals surface area contributed by atoms with E-state index in [1.165, 1.54) is 102 Å². The smallest absolute Gasteiger partial charge is 0.180 e. The summed E-state index contributed by atoms with van der Waals surface area (Å²) in [7, 11) is 0. The molecule has 2 unspecified atom stereocenters. The predicted octanol–water partition coefficient (Wildman–Crippen LogP) is 12.6. The lowest BCUT2D eigenvalue weighted by Gasteiger charge is -2.20. The minimum Gasteiger partial charge on any atom is -0.485 e. The van der Waals surface area contributed by atoms with Gasteiger partial charge in [-0.05, 0) is 47.6 Å². The van der Waals surface area contributed by atoms with Crippen LogP contribution in [-0.4, -0.2) is 26.4 Å². The molecule has 1 aromatic carbocycles. The second kappa shape index (κ2) is 14.5. The molecule has 246 valence electrons. The molecule has 8 heteroatoms. The maximum absolute atomic E-state index is 6.46. The first-order chi connectivity index (χ1) is 22.7. The zero-order chi connectivity index (χ0) is 31.6. The van der Waals surface area contributed by atoms with Gasteiger partial charge in [-0.3, -0.25) is 0 Å². The quantitative estimate of drug-likeness (QED) is 0.116. The molecule has 46 heavy (non-hydrogen) atoms. The van der Waals surface area contributed by atoms with Crippen molar-refractivity contribution in [1.82, 2.24) is 0 Å². The van der Waals surface area contributed by atoms with Crippen LogP contribution in [0.5, 0.6) is 23.0 Å². The summed E-state index contributed by atoms with van der Waals surface area (Å²) < 4.78 is 28.3. The van der Waals surface area contributed by atoms with Crippen molar-refractivity contribution in [3.8, 4) is 43.9 Å². The van der Waals surface area contributed by atoms with Crippen molar-refractivity contribution >= 4 is 65.5 Å². The van der Waals surface area contributed by atoms with Crippen LogP contribution in [0.4, 0.5) is 0 Å². The van der Waals surface area contributed by atoms with E-state index in [1.54, 1.807) is 0 Å². The highest BCUT2D eigenvalue weighted by Crippen LogP contribution is 2.59. The number of ether oxygens (including phenoxy) is 4. The second-order valence-electron chi connectivity index (χ2n) is 12.7. The summed E-state index contributed by atoms with van der Waals surface area (Å²) in [5, 5.41) is 7.11. The Morgan fingerprint density at radius 3 is 1.39 bits per heavy atom. The fourth-order valence-electron chi connectivity index (χ4n) is 7.12. The maximum Gasteiger partial charge on any atom is 0.180 e. The van der Waals surface area contributed by atoms with Crippen molar-refractivity contribution in [2.24, 2.45) is 11.8 Å². The first-order valence-electron chi connectivity index (χ1n) is 17.4. The topological polar surface area (TPSA) is 36.9 Å². The lowest BCUT2D eigenvalue weighted by molar-refractivity contribution is 0.172. The largest absolute Gasteiger partial charge is 0.485 e. The zero-order valence-corrected chi connectivity index (χ0v) is 30.9. The molecule has 0 saturated carbocycles. The molecular formula is C38H46O4S4. The van der Waals surface area contributed by atoms with Gasteiger partial charge < -0.3 is 18.9 Å². The Morgan fingerprint density at radius 1 is 0.587 bits per heavy atom. The molecule has 0 N–H and O–H groups in total. The highest BCUT2D eigenvalue weighted by atomic mass is 32.1. The molecule has 4 nitrogen and oxygen atoms in total. The third-order valence-corrected chi connectivity index (χ3v) is 14.0. The SMILES string of the molecule is CCCCC(CC)Cc1sc(-c2c3ccsc3c(-c3sc(CC(CC)CCCC)c4c3OCCO4)c3ccsc23)c2c1OCCO2. The molecule has 0 amide bonds. The van der Waals surface area contributed by atoms with E-state index >= 15 is 0 Å². The Morgan fingerprint density at radius 2 is 1.00 bits per heavy atom. The van der Waals surface area contributed by atoms with E-state index in [0.717, 1.165) is 35.8 Å². The highest BCUT2D eigenvalue weighted by molar-refractivity contribution is 7.22. The van der Waals surface area contributed by atoms with E-state index in [9.17, 15) is 0 Å². The Balaban J connectivity index is 1.37. The summed E-state index contributed by atoms with van der Waals surface area (Å²) in [6, 6.07) is 4.64. The first kappa shape index (κ1) is 32.3. The van der Waals surface area contributed by atoms with Crippen LogP contribution in [0.15, 0.2) is 22.9 Å². The van der Waals surface area contributed by atoms with E-state index in [0.29, 0.717) is 38.3 Å². The monoisotopic (exact) mass is 694 g/mol. The minimum absolute atomic E-state index is 0.597. The molecule has 7 rings (SSSR count). The van der Waals surface area contributed by atoms with Gasteiger partial charge in [0.05, 0.1) is 19.5 Å². The molecule has 0 saturated heterocycles. The number of unbranched alkanes of at least 4 members (excludes halogenated alkanes) is 2. The van der Waals surface area contributed by atoms with Crippen LogP contribution in [0.3, 0.4) is 0 Å². The Labute approximate surface area is 289 Å². The van der Waals surface area contributed by atoms with Gasteiger partial charge in [-0.15, -0.1) is 45.3 Å². The fourth-order valence-corrected chi connectivity index (χ4v) is 11.9.